The van der Waals surface area contributed by atoms with Crippen molar-refractivity contribution in [3.63, 3.8) is 0 Å². The van der Waals surface area contributed by atoms with E-state index in [9.17, 15) is 4.79 Å². The molecule has 1 aromatic rings. The lowest BCUT2D eigenvalue weighted by Gasteiger charge is -2.08. The highest BCUT2D eigenvalue weighted by atomic mass is 16.4. The number of benzene rings is 1. The van der Waals surface area contributed by atoms with Crippen molar-refractivity contribution >= 4 is 17.3 Å². The summed E-state index contributed by atoms with van der Waals surface area (Å²) in [5, 5.41) is 11.8. The number of carbonyl (C=O) groups is 1. The van der Waals surface area contributed by atoms with E-state index < -0.39 is 5.97 Å². The van der Waals surface area contributed by atoms with E-state index in [4.69, 9.17) is 5.11 Å². The van der Waals surface area contributed by atoms with Crippen LogP contribution in [0.3, 0.4) is 0 Å². The number of carboxylic acids is 1. The SMILES string of the molecule is CN1CNc2cc(C(=O)O)ccc21. The summed E-state index contributed by atoms with van der Waals surface area (Å²) in [6.45, 7) is 0.735. The van der Waals surface area contributed by atoms with Gasteiger partial charge in [0.2, 0.25) is 0 Å². The third kappa shape index (κ3) is 1.20. The van der Waals surface area contributed by atoms with Gasteiger partial charge in [0.15, 0.2) is 0 Å². The number of anilines is 2. The van der Waals surface area contributed by atoms with E-state index in [1.807, 2.05) is 18.0 Å². The zero-order valence-electron chi connectivity index (χ0n) is 7.24. The van der Waals surface area contributed by atoms with Crippen molar-refractivity contribution in [2.45, 2.75) is 0 Å². The van der Waals surface area contributed by atoms with Gasteiger partial charge in [-0.05, 0) is 18.2 Å². The molecular formula is C9H10N2O2. The summed E-state index contributed by atoms with van der Waals surface area (Å²) >= 11 is 0. The Hall–Kier alpha value is -1.71. The average Bonchev–Trinajstić information content (AvgIpc) is 2.47. The molecule has 0 saturated carbocycles. The van der Waals surface area contributed by atoms with Gasteiger partial charge < -0.3 is 15.3 Å². The first kappa shape index (κ1) is 7.91. The Labute approximate surface area is 75.8 Å². The van der Waals surface area contributed by atoms with Crippen LogP contribution in [0.4, 0.5) is 11.4 Å². The van der Waals surface area contributed by atoms with E-state index in [0.29, 0.717) is 5.56 Å². The Bertz CT molecular complexity index is 363. The molecule has 68 valence electrons. The maximum absolute atomic E-state index is 10.6. The number of hydrogen-bond donors (Lipinski definition) is 2. The predicted molar refractivity (Wildman–Crippen MR) is 50.3 cm³/mol. The van der Waals surface area contributed by atoms with Crippen molar-refractivity contribution in [3.8, 4) is 0 Å². The quantitative estimate of drug-likeness (QED) is 0.678. The molecule has 2 rings (SSSR count). The smallest absolute Gasteiger partial charge is 0.335 e. The Morgan fingerprint density at radius 1 is 1.62 bits per heavy atom. The summed E-state index contributed by atoms with van der Waals surface area (Å²) in [7, 11) is 1.96. The number of fused-ring (bicyclic) bond motifs is 1. The summed E-state index contributed by atoms with van der Waals surface area (Å²) in [4.78, 5) is 12.7. The first-order valence-corrected chi connectivity index (χ1v) is 4.01. The number of nitrogens with zero attached hydrogens (tertiary/aromatic N) is 1. The van der Waals surface area contributed by atoms with Crippen LogP contribution in [-0.4, -0.2) is 24.8 Å². The van der Waals surface area contributed by atoms with E-state index in [-0.39, 0.29) is 0 Å². The van der Waals surface area contributed by atoms with E-state index in [0.717, 1.165) is 18.0 Å². The maximum atomic E-state index is 10.6. The Balaban J connectivity index is 2.45. The molecule has 0 saturated heterocycles. The molecule has 1 heterocycles. The van der Waals surface area contributed by atoms with E-state index >= 15 is 0 Å². The van der Waals surface area contributed by atoms with Crippen molar-refractivity contribution in [1.29, 1.82) is 0 Å². The topological polar surface area (TPSA) is 52.6 Å². The fourth-order valence-corrected chi connectivity index (χ4v) is 1.43. The second-order valence-electron chi connectivity index (χ2n) is 3.07. The molecule has 0 atom stereocenters. The number of carboxylic acid groups (broad SMARTS) is 1. The molecule has 0 unspecified atom stereocenters. The molecule has 0 spiro atoms. The number of rotatable bonds is 1. The molecule has 4 heteroatoms. The molecule has 0 fully saturated rings. The van der Waals surface area contributed by atoms with Gasteiger partial charge in [0, 0.05) is 7.05 Å². The molecule has 4 nitrogen and oxygen atoms in total. The van der Waals surface area contributed by atoms with Crippen LogP contribution in [0, 0.1) is 0 Å². The largest absolute Gasteiger partial charge is 0.478 e. The fraction of sp³-hybridized carbons (Fsp3) is 0.222. The van der Waals surface area contributed by atoms with E-state index in [1.54, 1.807) is 12.1 Å². The van der Waals surface area contributed by atoms with Crippen LogP contribution in [0.5, 0.6) is 0 Å². The molecule has 2 N–H and O–H groups in total. The van der Waals surface area contributed by atoms with Crippen molar-refractivity contribution < 1.29 is 9.90 Å². The monoisotopic (exact) mass is 178 g/mol. The second-order valence-corrected chi connectivity index (χ2v) is 3.07. The van der Waals surface area contributed by atoms with Gasteiger partial charge in [-0.15, -0.1) is 0 Å². The third-order valence-corrected chi connectivity index (χ3v) is 2.16. The molecule has 0 aliphatic carbocycles. The van der Waals surface area contributed by atoms with Gasteiger partial charge in [-0.25, -0.2) is 4.79 Å². The first-order chi connectivity index (χ1) is 6.18. The Morgan fingerprint density at radius 2 is 2.38 bits per heavy atom. The predicted octanol–water partition coefficient (Wildman–Crippen LogP) is 1.20. The minimum Gasteiger partial charge on any atom is -0.478 e. The van der Waals surface area contributed by atoms with Gasteiger partial charge in [0.05, 0.1) is 23.6 Å². The minimum absolute atomic E-state index is 0.321. The fourth-order valence-electron chi connectivity index (χ4n) is 1.43. The van der Waals surface area contributed by atoms with Gasteiger partial charge in [0.25, 0.3) is 0 Å². The Morgan fingerprint density at radius 3 is 3.08 bits per heavy atom. The van der Waals surface area contributed by atoms with Crippen LogP contribution >= 0.6 is 0 Å². The molecule has 13 heavy (non-hydrogen) atoms. The number of nitrogens with one attached hydrogen (secondary N) is 1. The van der Waals surface area contributed by atoms with Crippen LogP contribution in [0.2, 0.25) is 0 Å². The van der Waals surface area contributed by atoms with Gasteiger partial charge >= 0.3 is 5.97 Å². The average molecular weight is 178 g/mol. The summed E-state index contributed by atoms with van der Waals surface area (Å²) in [6, 6.07) is 5.09. The van der Waals surface area contributed by atoms with E-state index in [1.165, 1.54) is 0 Å². The normalized spacial score (nSPS) is 13.8. The van der Waals surface area contributed by atoms with Crippen molar-refractivity contribution in [1.82, 2.24) is 0 Å². The highest BCUT2D eigenvalue weighted by molar-refractivity contribution is 5.91. The van der Waals surface area contributed by atoms with Crippen molar-refractivity contribution in [2.75, 3.05) is 23.9 Å². The minimum atomic E-state index is -0.890. The summed E-state index contributed by atoms with van der Waals surface area (Å²) < 4.78 is 0. The molecule has 1 aliphatic heterocycles. The molecule has 1 aliphatic rings. The zero-order valence-corrected chi connectivity index (χ0v) is 7.24. The third-order valence-electron chi connectivity index (χ3n) is 2.16. The Kier molecular flexibility index (Phi) is 1.62. The van der Waals surface area contributed by atoms with Crippen LogP contribution in [0.1, 0.15) is 10.4 Å². The zero-order chi connectivity index (χ0) is 9.42. The van der Waals surface area contributed by atoms with Gasteiger partial charge in [-0.2, -0.15) is 0 Å². The molecule has 1 aromatic carbocycles. The summed E-state index contributed by atoms with van der Waals surface area (Å²) in [6.07, 6.45) is 0. The van der Waals surface area contributed by atoms with Crippen LogP contribution in [-0.2, 0) is 0 Å². The standard InChI is InChI=1S/C9H10N2O2/c1-11-5-10-7-4-6(9(12)13)2-3-8(7)11/h2-4,10H,5H2,1H3,(H,12,13). The van der Waals surface area contributed by atoms with E-state index in [2.05, 4.69) is 5.32 Å². The lowest BCUT2D eigenvalue weighted by Crippen LogP contribution is -2.15. The highest BCUT2D eigenvalue weighted by Gasteiger charge is 2.16. The summed E-state index contributed by atoms with van der Waals surface area (Å²) in [5.41, 5.74) is 2.26. The number of hydrogen-bond acceptors (Lipinski definition) is 3. The van der Waals surface area contributed by atoms with Gasteiger partial charge in [0.1, 0.15) is 0 Å². The van der Waals surface area contributed by atoms with Crippen molar-refractivity contribution in [3.05, 3.63) is 23.8 Å². The van der Waals surface area contributed by atoms with Crippen molar-refractivity contribution in [2.24, 2.45) is 0 Å². The molecule has 0 bridgehead atoms. The lowest BCUT2D eigenvalue weighted by atomic mass is 10.2. The maximum Gasteiger partial charge on any atom is 0.335 e. The molecule has 0 amide bonds. The second kappa shape index (κ2) is 2.65. The highest BCUT2D eigenvalue weighted by Crippen LogP contribution is 2.30. The lowest BCUT2D eigenvalue weighted by molar-refractivity contribution is 0.0697. The van der Waals surface area contributed by atoms with Gasteiger partial charge in [-0.1, -0.05) is 0 Å². The number of aromatic carboxylic acids is 1. The molecule has 0 aromatic heterocycles. The van der Waals surface area contributed by atoms with Crippen LogP contribution < -0.4 is 10.2 Å². The first-order valence-electron chi connectivity index (χ1n) is 4.01. The van der Waals surface area contributed by atoms with Gasteiger partial charge in [-0.3, -0.25) is 0 Å². The van der Waals surface area contributed by atoms with Crippen LogP contribution in [0.15, 0.2) is 18.2 Å². The molecular weight excluding hydrogens is 168 g/mol. The molecule has 0 radical (unpaired) electrons. The van der Waals surface area contributed by atoms with Crippen LogP contribution in [0.25, 0.3) is 0 Å². The summed E-state index contributed by atoms with van der Waals surface area (Å²) in [5.74, 6) is -0.890.